The van der Waals surface area contributed by atoms with Crippen molar-refractivity contribution >= 4 is 102 Å². The van der Waals surface area contributed by atoms with Gasteiger partial charge in [0.15, 0.2) is 21.7 Å². The number of β-lactam (4-membered cyclic amide) rings is 2. The van der Waals surface area contributed by atoms with E-state index in [1.54, 1.807) is 72.0 Å². The van der Waals surface area contributed by atoms with Gasteiger partial charge in [-0.05, 0) is 114 Å². The van der Waals surface area contributed by atoms with Crippen LogP contribution >= 0.6 is 22.7 Å². The van der Waals surface area contributed by atoms with E-state index in [-0.39, 0.29) is 33.1 Å². The average Bonchev–Trinajstić information content (AvgIpc) is 1.73. The van der Waals surface area contributed by atoms with Crippen molar-refractivity contribution in [2.75, 3.05) is 61.5 Å². The second kappa shape index (κ2) is 28.8. The van der Waals surface area contributed by atoms with Gasteiger partial charge in [0.2, 0.25) is 0 Å². The van der Waals surface area contributed by atoms with Crippen molar-refractivity contribution in [1.29, 1.82) is 0 Å². The highest BCUT2D eigenvalue weighted by atomic mass is 32.3. The van der Waals surface area contributed by atoms with Crippen molar-refractivity contribution in [3.63, 3.8) is 0 Å². The van der Waals surface area contributed by atoms with E-state index in [1.807, 2.05) is 24.3 Å². The highest BCUT2D eigenvalue weighted by Crippen LogP contribution is 2.37. The molecule has 6 aromatic rings. The number of hydrogen-bond acceptors (Lipinski definition) is 28. The number of carboxylic acid groups (broad SMARTS) is 2. The number of amides is 4. The summed E-state index contributed by atoms with van der Waals surface area (Å²) < 4.78 is 51.7. The predicted octanol–water partition coefficient (Wildman–Crippen LogP) is -0.416. The van der Waals surface area contributed by atoms with Crippen LogP contribution in [0, 0.1) is 0 Å². The van der Waals surface area contributed by atoms with Crippen LogP contribution in [-0.2, 0) is 71.5 Å². The number of rotatable bonds is 32. The molecule has 484 valence electrons. The first kappa shape index (κ1) is 67.1. The first-order valence-corrected chi connectivity index (χ1v) is 30.7. The Balaban J connectivity index is 0.854. The zero-order valence-corrected chi connectivity index (χ0v) is 52.1. The third-order valence-corrected chi connectivity index (χ3v) is 15.8. The second-order valence-corrected chi connectivity index (χ2v) is 24.0. The molecular weight excluding hydrogens is 1250 g/mol. The minimum absolute atomic E-state index is 0.0184. The second-order valence-electron chi connectivity index (χ2n) is 21.1. The topological polar surface area (TPSA) is 475 Å². The highest BCUT2D eigenvalue weighted by molar-refractivity contribution is 7.81. The number of ether oxygens (including phenoxy) is 2. The van der Waals surface area contributed by atoms with E-state index in [1.165, 1.54) is 38.5 Å². The minimum atomic E-state index is -5.37. The summed E-state index contributed by atoms with van der Waals surface area (Å²) in [5.74, 6) is -5.50. The molecule has 34 nitrogen and oxygen atoms in total. The lowest BCUT2D eigenvalue weighted by Crippen LogP contribution is -2.78. The Morgan fingerprint density at radius 2 is 1.01 bits per heavy atom. The quantitative estimate of drug-likeness (QED) is 0.00843. The number of nitrogens with one attached hydrogen (secondary N) is 4. The first-order chi connectivity index (χ1) is 43.2. The van der Waals surface area contributed by atoms with Crippen molar-refractivity contribution in [3.05, 3.63) is 94.9 Å². The van der Waals surface area contributed by atoms with Gasteiger partial charge in [-0.2, -0.15) is 18.5 Å². The van der Waals surface area contributed by atoms with Crippen LogP contribution in [0.4, 0.5) is 21.9 Å². The number of aryl methyl sites for hydroxylation is 2. The Kier molecular flexibility index (Phi) is 21.2. The molecule has 0 bridgehead atoms. The minimum Gasteiger partial charge on any atom is -0.489 e. The van der Waals surface area contributed by atoms with E-state index >= 15 is 0 Å². The molecule has 6 heterocycles. The van der Waals surface area contributed by atoms with Crippen molar-refractivity contribution in [1.82, 2.24) is 40.9 Å². The third-order valence-electron chi connectivity index (χ3n) is 13.8. The standard InChI is InChI=1S/C54H64N18O16S3/c1-53(2)43(63-45(73)41(35-27-89-51(57)61-35)67-85-37(49(77)78)25-83-31-13-9-29(10-14-31)33-17-19-39(69(5)65-33)59-23-7-21-55)47(75)71(53)87-91(81,82)88-72-48(76)44(54(72,3)4)64-46(74)42(36-28-90-52(58)62-36)68-86-38(50(79)80)26-84-32-15-11-30(12-16-32)34-18-20-40(70(6)66-34)60-24-8-22-56/h9-20,27-28,37-38,43-44H,7-8,21-26,55-56H2,1-6H3,(H8,57,58,61,62,63,64,73,74,77,78,79,80)/p+2/b67-41-,68-42-/t37-,38-,43+,44+/m0/s1. The largest absolute Gasteiger partial charge is 0.489 e. The summed E-state index contributed by atoms with van der Waals surface area (Å²) in [5.41, 5.74) is 20.6. The van der Waals surface area contributed by atoms with E-state index < -0.39 is 106 Å². The maximum atomic E-state index is 13.9. The summed E-state index contributed by atoms with van der Waals surface area (Å²) in [6.45, 7) is 6.48. The number of thiazole rings is 2. The Bertz CT molecular complexity index is 3610. The number of nitrogens with two attached hydrogens (primary N) is 4. The summed E-state index contributed by atoms with van der Waals surface area (Å²) in [4.78, 5) is 98.4. The summed E-state index contributed by atoms with van der Waals surface area (Å²) in [7, 11) is -1.80. The maximum Gasteiger partial charge on any atom is 0.442 e. The predicted molar refractivity (Wildman–Crippen MR) is 325 cm³/mol. The number of oxime groups is 2. The average molecular weight is 1320 g/mol. The van der Waals surface area contributed by atoms with Crippen LogP contribution in [0.5, 0.6) is 11.5 Å². The van der Waals surface area contributed by atoms with Crippen LogP contribution in [0.15, 0.2) is 93.9 Å². The molecule has 8 rings (SSSR count). The molecule has 0 spiro atoms. The fourth-order valence-corrected chi connectivity index (χ4v) is 10.7. The summed E-state index contributed by atoms with van der Waals surface area (Å²) in [6, 6.07) is 17.6. The number of anilines is 4. The Labute approximate surface area is 527 Å². The Morgan fingerprint density at radius 1 is 0.637 bits per heavy atom. The molecular formula is C54H66N18O16S3+2. The summed E-state index contributed by atoms with van der Waals surface area (Å²) in [6.07, 6.45) is -2.02. The first-order valence-electron chi connectivity index (χ1n) is 27.6. The van der Waals surface area contributed by atoms with Gasteiger partial charge in [-0.15, -0.1) is 40.6 Å². The Morgan fingerprint density at radius 3 is 1.32 bits per heavy atom. The van der Waals surface area contributed by atoms with Crippen LogP contribution in [0.25, 0.3) is 22.5 Å². The number of benzene rings is 2. The molecule has 2 aliphatic rings. The van der Waals surface area contributed by atoms with Crippen molar-refractivity contribution in [3.8, 4) is 34.0 Å². The van der Waals surface area contributed by atoms with Crippen LogP contribution in [0.2, 0.25) is 0 Å². The van der Waals surface area contributed by atoms with E-state index in [4.69, 9.17) is 50.7 Å². The normalized spacial score (nSPS) is 16.8. The lowest BCUT2D eigenvalue weighted by atomic mass is 9.84. The third kappa shape index (κ3) is 16.2. The maximum absolute atomic E-state index is 13.9. The van der Waals surface area contributed by atoms with Crippen LogP contribution < -0.4 is 63.0 Å². The molecule has 4 amide bonds. The molecule has 14 N–H and O–H groups in total. The van der Waals surface area contributed by atoms with Gasteiger partial charge < -0.3 is 62.9 Å². The van der Waals surface area contributed by atoms with E-state index in [9.17, 15) is 47.4 Å². The molecule has 0 unspecified atom stereocenters. The highest BCUT2D eigenvalue weighted by Gasteiger charge is 2.61. The molecule has 2 fully saturated rings. The zero-order valence-electron chi connectivity index (χ0n) is 49.7. The van der Waals surface area contributed by atoms with Gasteiger partial charge in [-0.1, -0.05) is 20.5 Å². The van der Waals surface area contributed by atoms with Gasteiger partial charge in [0.25, 0.3) is 47.5 Å². The van der Waals surface area contributed by atoms with E-state index in [0.717, 1.165) is 58.3 Å². The van der Waals surface area contributed by atoms with E-state index in [2.05, 4.69) is 51.7 Å². The SMILES string of the molecule is C[n+]1nc(-c2ccc(OC[C@H](O/N=C(\C(=O)N[C@@H]3C(=O)N(OS(=O)(=O)ON4C(=O)[C@@H](NC(=O)/C(=N\O[C@@H](COc5ccc(-c6ccc(NCCCN)[n+](C)n6)cc5)C(=O)O)c5csc(N)n5)C4(C)C)C3(C)C)c3csc(N)n3)C(=O)O)cc2)ccc1NCCCN. The van der Waals surface area contributed by atoms with Gasteiger partial charge in [0.1, 0.15) is 73.7 Å². The molecule has 0 radical (unpaired) electrons. The zero-order chi connectivity index (χ0) is 66.0. The molecule has 4 atom stereocenters. The van der Waals surface area contributed by atoms with Crippen LogP contribution in [0.3, 0.4) is 0 Å². The molecule has 2 aliphatic heterocycles. The van der Waals surface area contributed by atoms with Gasteiger partial charge in [0.05, 0.1) is 24.2 Å². The lowest BCUT2D eigenvalue weighted by molar-refractivity contribution is -0.716. The smallest absolute Gasteiger partial charge is 0.442 e. The molecule has 2 aromatic carbocycles. The van der Waals surface area contributed by atoms with E-state index in [0.29, 0.717) is 47.7 Å². The lowest BCUT2D eigenvalue weighted by Gasteiger charge is -2.52. The number of hydrogen-bond donors (Lipinski definition) is 10. The number of nitrogens with zero attached hydrogens (tertiary/aromatic N) is 10. The number of hydroxylamine groups is 4. The van der Waals surface area contributed by atoms with Crippen molar-refractivity contribution < 1.29 is 84.5 Å². The van der Waals surface area contributed by atoms with Crippen LogP contribution in [-0.4, -0.2) is 171 Å². The number of carboxylic acids is 2. The number of carbonyl (C=O) groups is 6. The molecule has 91 heavy (non-hydrogen) atoms. The molecule has 0 saturated carbocycles. The summed E-state index contributed by atoms with van der Waals surface area (Å²) in [5, 5.41) is 51.4. The van der Waals surface area contributed by atoms with Gasteiger partial charge in [0, 0.05) is 34.0 Å². The van der Waals surface area contributed by atoms with Crippen molar-refractivity contribution in [2.24, 2.45) is 35.9 Å². The summed E-state index contributed by atoms with van der Waals surface area (Å²) >= 11 is 1.80. The van der Waals surface area contributed by atoms with Gasteiger partial charge >= 0.3 is 22.3 Å². The number of carbonyl (C=O) groups excluding carboxylic acids is 4. The fraction of sp³-hybridized carbons (Fsp3) is 0.370. The van der Waals surface area contributed by atoms with Gasteiger partial charge in [-0.25, -0.2) is 19.6 Å². The Hall–Kier alpha value is -9.79. The van der Waals surface area contributed by atoms with Crippen molar-refractivity contribution in [2.45, 2.75) is 75.9 Å². The molecule has 4 aromatic heterocycles. The number of nitrogen functional groups attached to an aromatic ring is 2. The monoisotopic (exact) mass is 1320 g/mol. The van der Waals surface area contributed by atoms with Crippen LogP contribution in [0.1, 0.15) is 51.9 Å². The number of aromatic nitrogens is 6. The molecule has 37 heteroatoms. The molecule has 2 saturated heterocycles. The van der Waals surface area contributed by atoms with Gasteiger partial charge in [-0.3, -0.25) is 29.8 Å². The molecule has 0 aliphatic carbocycles. The fourth-order valence-electron chi connectivity index (χ4n) is 8.68. The number of aliphatic carboxylic acids is 2.